The van der Waals surface area contributed by atoms with Crippen molar-refractivity contribution in [3.8, 4) is 0 Å². The first kappa shape index (κ1) is 14.3. The summed E-state index contributed by atoms with van der Waals surface area (Å²) >= 11 is 0. The first-order chi connectivity index (χ1) is 7.75. The van der Waals surface area contributed by atoms with Crippen molar-refractivity contribution >= 4 is 6.09 Å². The maximum Gasteiger partial charge on any atom is 0.408 e. The van der Waals surface area contributed by atoms with Crippen LogP contribution in [0.25, 0.3) is 0 Å². The van der Waals surface area contributed by atoms with Crippen molar-refractivity contribution in [2.24, 2.45) is 5.73 Å². The van der Waals surface area contributed by atoms with Gasteiger partial charge in [0.15, 0.2) is 0 Å². The Balaban J connectivity index is 2.64. The molecule has 4 nitrogen and oxygen atoms in total. The molecule has 0 aromatic heterocycles. The summed E-state index contributed by atoms with van der Waals surface area (Å²) in [5, 5.41) is 3.00. The summed E-state index contributed by atoms with van der Waals surface area (Å²) in [6.07, 6.45) is 5.02. The monoisotopic (exact) mass is 242 g/mol. The summed E-state index contributed by atoms with van der Waals surface area (Å²) in [5.74, 6) is 0. The molecule has 1 aliphatic carbocycles. The highest BCUT2D eigenvalue weighted by Crippen LogP contribution is 2.30. The Labute approximate surface area is 104 Å². The lowest BCUT2D eigenvalue weighted by Gasteiger charge is -2.41. The van der Waals surface area contributed by atoms with E-state index in [1.54, 1.807) is 0 Å². The summed E-state index contributed by atoms with van der Waals surface area (Å²) in [4.78, 5) is 11.8. The molecule has 1 aliphatic rings. The molecule has 0 aromatic rings. The highest BCUT2D eigenvalue weighted by Gasteiger charge is 2.38. The van der Waals surface area contributed by atoms with Gasteiger partial charge in [-0.15, -0.1) is 0 Å². The molecule has 0 spiro atoms. The zero-order chi connectivity index (χ0) is 13.1. The number of alkyl carbamates (subject to hydrolysis) is 1. The number of carbonyl (C=O) groups excluding carboxylic acids is 1. The van der Waals surface area contributed by atoms with Crippen molar-refractivity contribution in [2.75, 3.05) is 0 Å². The number of rotatable bonds is 2. The third kappa shape index (κ3) is 4.19. The molecule has 3 N–H and O–H groups in total. The van der Waals surface area contributed by atoms with Gasteiger partial charge < -0.3 is 15.8 Å². The van der Waals surface area contributed by atoms with Crippen molar-refractivity contribution in [1.82, 2.24) is 5.32 Å². The van der Waals surface area contributed by atoms with Crippen LogP contribution < -0.4 is 11.1 Å². The molecule has 1 amide bonds. The van der Waals surface area contributed by atoms with Gasteiger partial charge in [-0.1, -0.05) is 19.3 Å². The molecule has 4 heteroatoms. The van der Waals surface area contributed by atoms with Gasteiger partial charge >= 0.3 is 6.09 Å². The smallest absolute Gasteiger partial charge is 0.408 e. The van der Waals surface area contributed by atoms with E-state index in [0.717, 1.165) is 25.7 Å². The average Bonchev–Trinajstić information content (AvgIpc) is 2.15. The van der Waals surface area contributed by atoms with Crippen LogP contribution in [0, 0.1) is 0 Å². The minimum Gasteiger partial charge on any atom is -0.444 e. The number of nitrogens with one attached hydrogen (secondary N) is 1. The molecule has 0 aromatic carbocycles. The third-order valence-corrected chi connectivity index (χ3v) is 3.37. The van der Waals surface area contributed by atoms with Crippen LogP contribution in [0.15, 0.2) is 0 Å². The number of nitrogens with two attached hydrogens (primary N) is 1. The minimum atomic E-state index is -0.461. The standard InChI is InChI=1S/C13H26N2O2/c1-10(14)13(8-6-5-7-9-13)15-11(16)17-12(2,3)4/h10H,5-9,14H2,1-4H3,(H,15,16)/t10-/m0/s1. The van der Waals surface area contributed by atoms with Crippen LogP contribution in [-0.4, -0.2) is 23.3 Å². The Morgan fingerprint density at radius 3 is 2.24 bits per heavy atom. The molecule has 0 radical (unpaired) electrons. The van der Waals surface area contributed by atoms with Crippen LogP contribution in [0.5, 0.6) is 0 Å². The predicted molar refractivity (Wildman–Crippen MR) is 68.8 cm³/mol. The lowest BCUT2D eigenvalue weighted by molar-refractivity contribution is 0.0402. The van der Waals surface area contributed by atoms with Gasteiger partial charge in [-0.3, -0.25) is 0 Å². The number of ether oxygens (including phenoxy) is 1. The van der Waals surface area contributed by atoms with E-state index in [-0.39, 0.29) is 17.7 Å². The van der Waals surface area contributed by atoms with E-state index in [1.807, 2.05) is 27.7 Å². The van der Waals surface area contributed by atoms with E-state index in [2.05, 4.69) is 5.32 Å². The summed E-state index contributed by atoms with van der Waals surface area (Å²) in [5.41, 5.74) is 5.31. The topological polar surface area (TPSA) is 64.3 Å². The second kappa shape index (κ2) is 5.25. The normalized spacial score (nSPS) is 21.7. The Hall–Kier alpha value is -0.770. The molecule has 1 fully saturated rings. The van der Waals surface area contributed by atoms with Crippen molar-refractivity contribution in [3.05, 3.63) is 0 Å². The minimum absolute atomic E-state index is 0.0460. The van der Waals surface area contributed by atoms with Crippen LogP contribution in [0.1, 0.15) is 59.8 Å². The van der Waals surface area contributed by atoms with Gasteiger partial charge in [0.05, 0.1) is 5.54 Å². The SMILES string of the molecule is C[C@H](N)C1(NC(=O)OC(C)(C)C)CCCCC1. The van der Waals surface area contributed by atoms with Gasteiger partial charge in [0.25, 0.3) is 0 Å². The first-order valence-electron chi connectivity index (χ1n) is 6.52. The van der Waals surface area contributed by atoms with E-state index >= 15 is 0 Å². The Morgan fingerprint density at radius 1 is 1.29 bits per heavy atom. The van der Waals surface area contributed by atoms with Crippen LogP contribution in [0.3, 0.4) is 0 Å². The van der Waals surface area contributed by atoms with Crippen molar-refractivity contribution < 1.29 is 9.53 Å². The Morgan fingerprint density at radius 2 is 1.82 bits per heavy atom. The number of amides is 1. The van der Waals surface area contributed by atoms with E-state index in [4.69, 9.17) is 10.5 Å². The highest BCUT2D eigenvalue weighted by atomic mass is 16.6. The predicted octanol–water partition coefficient (Wildman–Crippen LogP) is 2.56. The fraction of sp³-hybridized carbons (Fsp3) is 0.923. The summed E-state index contributed by atoms with van der Waals surface area (Å²) in [6, 6.07) is -0.0460. The molecule has 0 unspecified atom stereocenters. The molecule has 0 bridgehead atoms. The molecule has 1 rings (SSSR count). The van der Waals surface area contributed by atoms with E-state index < -0.39 is 5.60 Å². The number of hydrogen-bond acceptors (Lipinski definition) is 3. The Kier molecular flexibility index (Phi) is 4.42. The maximum absolute atomic E-state index is 11.8. The second-order valence-corrected chi connectivity index (χ2v) is 6.13. The van der Waals surface area contributed by atoms with Crippen LogP contribution in [-0.2, 0) is 4.74 Å². The quantitative estimate of drug-likeness (QED) is 0.782. The second-order valence-electron chi connectivity index (χ2n) is 6.13. The van der Waals surface area contributed by atoms with E-state index in [0.29, 0.717) is 0 Å². The largest absolute Gasteiger partial charge is 0.444 e. The van der Waals surface area contributed by atoms with Gasteiger partial charge in [0, 0.05) is 6.04 Å². The zero-order valence-corrected chi connectivity index (χ0v) is 11.5. The van der Waals surface area contributed by atoms with Gasteiger partial charge in [0.1, 0.15) is 5.60 Å². The fourth-order valence-electron chi connectivity index (χ4n) is 2.38. The van der Waals surface area contributed by atoms with E-state index in [9.17, 15) is 4.79 Å². The summed E-state index contributed by atoms with van der Waals surface area (Å²) in [7, 11) is 0. The van der Waals surface area contributed by atoms with Crippen LogP contribution in [0.2, 0.25) is 0 Å². The molecule has 0 heterocycles. The van der Waals surface area contributed by atoms with Gasteiger partial charge in [0.2, 0.25) is 0 Å². The lowest BCUT2D eigenvalue weighted by Crippen LogP contribution is -2.60. The first-order valence-corrected chi connectivity index (χ1v) is 6.52. The van der Waals surface area contributed by atoms with Gasteiger partial charge in [-0.25, -0.2) is 4.79 Å². The average molecular weight is 242 g/mol. The molecule has 1 saturated carbocycles. The van der Waals surface area contributed by atoms with E-state index in [1.165, 1.54) is 6.42 Å². The molecular formula is C13H26N2O2. The third-order valence-electron chi connectivity index (χ3n) is 3.37. The highest BCUT2D eigenvalue weighted by molar-refractivity contribution is 5.69. The Bertz CT molecular complexity index is 263. The van der Waals surface area contributed by atoms with Crippen molar-refractivity contribution in [3.63, 3.8) is 0 Å². The van der Waals surface area contributed by atoms with Crippen LogP contribution in [0.4, 0.5) is 4.79 Å². The molecule has 0 saturated heterocycles. The summed E-state index contributed by atoms with van der Waals surface area (Å²) < 4.78 is 5.31. The molecule has 17 heavy (non-hydrogen) atoms. The van der Waals surface area contributed by atoms with Gasteiger partial charge in [-0.2, -0.15) is 0 Å². The van der Waals surface area contributed by atoms with Crippen LogP contribution >= 0.6 is 0 Å². The summed E-state index contributed by atoms with van der Waals surface area (Å²) in [6.45, 7) is 7.56. The van der Waals surface area contributed by atoms with Gasteiger partial charge in [-0.05, 0) is 40.5 Å². The molecule has 1 atom stereocenters. The lowest BCUT2D eigenvalue weighted by atomic mass is 9.77. The zero-order valence-electron chi connectivity index (χ0n) is 11.5. The number of hydrogen-bond donors (Lipinski definition) is 2. The molecular weight excluding hydrogens is 216 g/mol. The molecule has 0 aliphatic heterocycles. The maximum atomic E-state index is 11.8. The number of carbonyl (C=O) groups is 1. The van der Waals surface area contributed by atoms with Crippen molar-refractivity contribution in [1.29, 1.82) is 0 Å². The molecule has 100 valence electrons. The van der Waals surface area contributed by atoms with Crippen molar-refractivity contribution in [2.45, 2.75) is 77.0 Å². The fourth-order valence-corrected chi connectivity index (χ4v) is 2.38.